The van der Waals surface area contributed by atoms with E-state index < -0.39 is 0 Å². The summed E-state index contributed by atoms with van der Waals surface area (Å²) in [6.45, 7) is 1.98. The number of phenols is 1. The van der Waals surface area contributed by atoms with E-state index in [-0.39, 0.29) is 11.6 Å². The number of hydrogen-bond donors (Lipinski definition) is 3. The number of aryl methyl sites for hydroxylation is 1. The van der Waals surface area contributed by atoms with Crippen molar-refractivity contribution in [2.24, 2.45) is 10.9 Å². The summed E-state index contributed by atoms with van der Waals surface area (Å²) in [5.41, 5.74) is 11.1. The highest BCUT2D eigenvalue weighted by Gasteiger charge is 2.17. The lowest BCUT2D eigenvalue weighted by molar-refractivity contribution is 0.318. The van der Waals surface area contributed by atoms with Crippen molar-refractivity contribution in [3.05, 3.63) is 76.8 Å². The molecule has 0 aliphatic rings. The SMILES string of the molecule is Cc1ccc(Cl)cc1-c1c(/C(N)=N/O)cccc1-c1ccc(O)cc1. The molecule has 0 saturated carbocycles. The van der Waals surface area contributed by atoms with E-state index in [1.165, 1.54) is 0 Å². The van der Waals surface area contributed by atoms with Crippen molar-refractivity contribution in [2.45, 2.75) is 6.92 Å². The fourth-order valence-electron chi connectivity index (χ4n) is 2.85. The summed E-state index contributed by atoms with van der Waals surface area (Å²) in [6.07, 6.45) is 0. The smallest absolute Gasteiger partial charge is 0.170 e. The van der Waals surface area contributed by atoms with Crippen molar-refractivity contribution in [1.29, 1.82) is 0 Å². The van der Waals surface area contributed by atoms with E-state index in [2.05, 4.69) is 5.16 Å². The van der Waals surface area contributed by atoms with Crippen molar-refractivity contribution < 1.29 is 10.3 Å². The second kappa shape index (κ2) is 6.87. The van der Waals surface area contributed by atoms with Gasteiger partial charge in [0.15, 0.2) is 5.84 Å². The van der Waals surface area contributed by atoms with Crippen molar-refractivity contribution in [2.75, 3.05) is 0 Å². The lowest BCUT2D eigenvalue weighted by Crippen LogP contribution is -2.15. The van der Waals surface area contributed by atoms with Crippen LogP contribution in [0.2, 0.25) is 5.02 Å². The quantitative estimate of drug-likeness (QED) is 0.274. The minimum atomic E-state index is 0.0232. The van der Waals surface area contributed by atoms with Crippen LogP contribution in [0.3, 0.4) is 0 Å². The molecular formula is C20H17ClN2O2. The lowest BCUT2D eigenvalue weighted by Gasteiger charge is -2.17. The van der Waals surface area contributed by atoms with Gasteiger partial charge in [0.25, 0.3) is 0 Å². The first-order chi connectivity index (χ1) is 12.0. The van der Waals surface area contributed by atoms with E-state index in [1.807, 2.05) is 49.4 Å². The molecule has 0 aliphatic carbocycles. The Hall–Kier alpha value is -2.98. The highest BCUT2D eigenvalue weighted by Crippen LogP contribution is 2.38. The Morgan fingerprint density at radius 3 is 2.40 bits per heavy atom. The molecule has 0 spiro atoms. The van der Waals surface area contributed by atoms with Gasteiger partial charge in [0, 0.05) is 16.1 Å². The summed E-state index contributed by atoms with van der Waals surface area (Å²) >= 11 is 6.21. The van der Waals surface area contributed by atoms with Gasteiger partial charge in [0.1, 0.15) is 5.75 Å². The van der Waals surface area contributed by atoms with Gasteiger partial charge < -0.3 is 16.0 Å². The summed E-state index contributed by atoms with van der Waals surface area (Å²) < 4.78 is 0. The van der Waals surface area contributed by atoms with Gasteiger partial charge in [0.05, 0.1) is 0 Å². The highest BCUT2D eigenvalue weighted by atomic mass is 35.5. The van der Waals surface area contributed by atoms with Crippen molar-refractivity contribution >= 4 is 17.4 Å². The van der Waals surface area contributed by atoms with E-state index in [4.69, 9.17) is 17.3 Å². The number of oxime groups is 1. The molecule has 0 aliphatic heterocycles. The topological polar surface area (TPSA) is 78.8 Å². The molecule has 25 heavy (non-hydrogen) atoms. The number of halogens is 1. The van der Waals surface area contributed by atoms with Crippen LogP contribution < -0.4 is 5.73 Å². The molecule has 0 saturated heterocycles. The number of rotatable bonds is 3. The largest absolute Gasteiger partial charge is 0.508 e. The summed E-state index contributed by atoms with van der Waals surface area (Å²) in [5.74, 6) is 0.215. The maximum absolute atomic E-state index is 9.56. The number of hydrogen-bond acceptors (Lipinski definition) is 3. The van der Waals surface area contributed by atoms with Crippen LogP contribution in [0.4, 0.5) is 0 Å². The van der Waals surface area contributed by atoms with Gasteiger partial charge in [-0.1, -0.05) is 53.2 Å². The lowest BCUT2D eigenvalue weighted by atomic mass is 9.88. The van der Waals surface area contributed by atoms with Crippen LogP contribution in [-0.2, 0) is 0 Å². The van der Waals surface area contributed by atoms with Gasteiger partial charge >= 0.3 is 0 Å². The monoisotopic (exact) mass is 352 g/mol. The van der Waals surface area contributed by atoms with Crippen LogP contribution in [0.1, 0.15) is 11.1 Å². The van der Waals surface area contributed by atoms with Gasteiger partial charge in [-0.15, -0.1) is 0 Å². The molecule has 0 unspecified atom stereocenters. The van der Waals surface area contributed by atoms with E-state index in [0.29, 0.717) is 10.6 Å². The fraction of sp³-hybridized carbons (Fsp3) is 0.0500. The summed E-state index contributed by atoms with van der Waals surface area (Å²) in [6, 6.07) is 18.1. The third-order valence-corrected chi connectivity index (χ3v) is 4.33. The summed E-state index contributed by atoms with van der Waals surface area (Å²) in [5, 5.41) is 22.5. The van der Waals surface area contributed by atoms with Crippen molar-refractivity contribution in [3.8, 4) is 28.0 Å². The second-order valence-corrected chi connectivity index (χ2v) is 6.16. The first-order valence-electron chi connectivity index (χ1n) is 7.68. The maximum atomic E-state index is 9.56. The van der Waals surface area contributed by atoms with Gasteiger partial charge in [-0.25, -0.2) is 0 Å². The van der Waals surface area contributed by atoms with E-state index in [1.54, 1.807) is 18.2 Å². The van der Waals surface area contributed by atoms with Crippen LogP contribution in [0.25, 0.3) is 22.3 Å². The molecule has 4 nitrogen and oxygen atoms in total. The molecule has 0 heterocycles. The number of benzene rings is 3. The molecule has 0 amide bonds. The number of phenolic OH excluding ortho intramolecular Hbond substituents is 1. The summed E-state index contributed by atoms with van der Waals surface area (Å²) in [4.78, 5) is 0. The molecule has 0 bridgehead atoms. The molecule has 0 fully saturated rings. The van der Waals surface area contributed by atoms with Crippen molar-refractivity contribution in [1.82, 2.24) is 0 Å². The fourth-order valence-corrected chi connectivity index (χ4v) is 3.03. The Morgan fingerprint density at radius 2 is 1.72 bits per heavy atom. The minimum Gasteiger partial charge on any atom is -0.508 e. The third kappa shape index (κ3) is 3.30. The first kappa shape index (κ1) is 16.9. The molecular weight excluding hydrogens is 336 g/mol. The van der Waals surface area contributed by atoms with Crippen LogP contribution in [0.5, 0.6) is 5.75 Å². The predicted octanol–water partition coefficient (Wildman–Crippen LogP) is 4.78. The average Bonchev–Trinajstić information content (AvgIpc) is 2.63. The van der Waals surface area contributed by atoms with E-state index in [9.17, 15) is 10.3 Å². The van der Waals surface area contributed by atoms with E-state index in [0.717, 1.165) is 27.8 Å². The number of nitrogens with zero attached hydrogens (tertiary/aromatic N) is 1. The van der Waals surface area contributed by atoms with Crippen molar-refractivity contribution in [3.63, 3.8) is 0 Å². The molecule has 3 rings (SSSR count). The van der Waals surface area contributed by atoms with E-state index >= 15 is 0 Å². The Bertz CT molecular complexity index is 950. The Kier molecular flexibility index (Phi) is 4.63. The van der Waals surface area contributed by atoms with Crippen LogP contribution in [0, 0.1) is 6.92 Å². The average molecular weight is 353 g/mol. The summed E-state index contributed by atoms with van der Waals surface area (Å²) in [7, 11) is 0. The van der Waals surface area contributed by atoms with Crippen LogP contribution >= 0.6 is 11.6 Å². The van der Waals surface area contributed by atoms with Gasteiger partial charge in [0.2, 0.25) is 0 Å². The normalized spacial score (nSPS) is 11.5. The van der Waals surface area contributed by atoms with Crippen LogP contribution in [-0.4, -0.2) is 16.1 Å². The minimum absolute atomic E-state index is 0.0232. The first-order valence-corrected chi connectivity index (χ1v) is 8.06. The predicted molar refractivity (Wildman–Crippen MR) is 101 cm³/mol. The third-order valence-electron chi connectivity index (χ3n) is 4.10. The Balaban J connectivity index is 2.37. The second-order valence-electron chi connectivity index (χ2n) is 5.72. The van der Waals surface area contributed by atoms with Gasteiger partial charge in [-0.3, -0.25) is 0 Å². The zero-order chi connectivity index (χ0) is 18.0. The molecule has 3 aromatic rings. The molecule has 5 heteroatoms. The molecule has 0 aromatic heterocycles. The molecule has 126 valence electrons. The number of aromatic hydroxyl groups is 1. The zero-order valence-electron chi connectivity index (χ0n) is 13.6. The molecule has 0 atom stereocenters. The van der Waals surface area contributed by atoms with Gasteiger partial charge in [-0.2, -0.15) is 0 Å². The molecule has 3 aromatic carbocycles. The van der Waals surface area contributed by atoms with Gasteiger partial charge in [-0.05, 0) is 53.4 Å². The maximum Gasteiger partial charge on any atom is 0.170 e. The number of nitrogens with two attached hydrogens (primary N) is 1. The molecule has 4 N–H and O–H groups in total. The molecule has 0 radical (unpaired) electrons. The Labute approximate surface area is 150 Å². The highest BCUT2D eigenvalue weighted by molar-refractivity contribution is 6.31. The number of amidine groups is 1. The Morgan fingerprint density at radius 1 is 1.00 bits per heavy atom. The standard InChI is InChI=1S/C20H17ClN2O2/c1-12-5-8-14(21)11-18(12)19-16(13-6-9-15(24)10-7-13)3-2-4-17(19)20(22)23-25/h2-11,24-25H,1H3,(H2,22,23). The zero-order valence-corrected chi connectivity index (χ0v) is 14.3. The van der Waals surface area contributed by atoms with Crippen LogP contribution in [0.15, 0.2) is 65.8 Å².